The fraction of sp³-hybridized carbons (Fsp3) is 0.0714. The molecule has 0 saturated carbocycles. The number of carbonyl (C=O) groups is 1. The number of aromatic hydroxyl groups is 1. The highest BCUT2D eigenvalue weighted by molar-refractivity contribution is 6.32. The Morgan fingerprint density at radius 1 is 1.26 bits per heavy atom. The third-order valence-corrected chi connectivity index (χ3v) is 2.86. The molecule has 2 aromatic rings. The van der Waals surface area contributed by atoms with Gasteiger partial charge < -0.3 is 15.2 Å². The fourth-order valence-corrected chi connectivity index (χ4v) is 1.84. The number of amides is 1. The molecule has 4 nitrogen and oxygen atoms in total. The van der Waals surface area contributed by atoms with Crippen LogP contribution in [0.2, 0.25) is 5.02 Å². The van der Waals surface area contributed by atoms with Gasteiger partial charge in [-0.25, -0.2) is 0 Å². The number of phenolic OH excluding ortho intramolecular Hbond substituents is 1. The lowest BCUT2D eigenvalue weighted by Crippen LogP contribution is -2.11. The molecular weight excluding hydrogens is 266 g/mol. The smallest absolute Gasteiger partial charge is 0.255 e. The van der Waals surface area contributed by atoms with Gasteiger partial charge in [-0.3, -0.25) is 4.79 Å². The Balaban J connectivity index is 2.21. The van der Waals surface area contributed by atoms with Crippen LogP contribution >= 0.6 is 11.6 Å². The zero-order valence-electron chi connectivity index (χ0n) is 10.2. The van der Waals surface area contributed by atoms with Crippen LogP contribution in [0.3, 0.4) is 0 Å². The van der Waals surface area contributed by atoms with E-state index in [1.165, 1.54) is 19.2 Å². The zero-order valence-corrected chi connectivity index (χ0v) is 10.9. The minimum atomic E-state index is -0.356. The van der Waals surface area contributed by atoms with Gasteiger partial charge in [-0.2, -0.15) is 0 Å². The highest BCUT2D eigenvalue weighted by Crippen LogP contribution is 2.26. The van der Waals surface area contributed by atoms with Crippen molar-refractivity contribution in [2.24, 2.45) is 0 Å². The number of phenols is 1. The molecule has 0 heterocycles. The summed E-state index contributed by atoms with van der Waals surface area (Å²) in [6, 6.07) is 11.2. The molecule has 0 aromatic heterocycles. The average Bonchev–Trinajstić information content (AvgIpc) is 2.41. The van der Waals surface area contributed by atoms with E-state index in [2.05, 4.69) is 5.32 Å². The van der Waals surface area contributed by atoms with Crippen LogP contribution in [-0.4, -0.2) is 18.1 Å². The van der Waals surface area contributed by atoms with E-state index >= 15 is 0 Å². The van der Waals surface area contributed by atoms with Gasteiger partial charge in [-0.05, 0) is 30.3 Å². The van der Waals surface area contributed by atoms with E-state index in [0.29, 0.717) is 22.0 Å². The van der Waals surface area contributed by atoms with Gasteiger partial charge in [0.25, 0.3) is 5.91 Å². The first kappa shape index (κ1) is 13.2. The number of benzene rings is 2. The largest absolute Gasteiger partial charge is 0.506 e. The summed E-state index contributed by atoms with van der Waals surface area (Å²) < 4.78 is 5.01. The Labute approximate surface area is 115 Å². The van der Waals surface area contributed by atoms with Crippen molar-refractivity contribution < 1.29 is 14.6 Å². The molecule has 0 aliphatic carbocycles. The summed E-state index contributed by atoms with van der Waals surface area (Å²) in [7, 11) is 1.50. The maximum atomic E-state index is 12.0. The van der Waals surface area contributed by atoms with Gasteiger partial charge in [0.15, 0.2) is 0 Å². The number of rotatable bonds is 3. The predicted octanol–water partition coefficient (Wildman–Crippen LogP) is 3.31. The van der Waals surface area contributed by atoms with Crippen LogP contribution in [-0.2, 0) is 0 Å². The lowest BCUT2D eigenvalue weighted by molar-refractivity contribution is 0.102. The number of hydrogen-bond donors (Lipinski definition) is 2. The van der Waals surface area contributed by atoms with E-state index in [1.807, 2.05) is 0 Å². The van der Waals surface area contributed by atoms with Crippen molar-refractivity contribution >= 4 is 23.2 Å². The minimum Gasteiger partial charge on any atom is -0.506 e. The fourth-order valence-electron chi connectivity index (χ4n) is 1.58. The lowest BCUT2D eigenvalue weighted by atomic mass is 10.2. The molecule has 0 spiro atoms. The molecule has 0 saturated heterocycles. The topological polar surface area (TPSA) is 58.6 Å². The summed E-state index contributed by atoms with van der Waals surface area (Å²) in [6.45, 7) is 0. The van der Waals surface area contributed by atoms with Gasteiger partial charge in [-0.1, -0.05) is 23.7 Å². The van der Waals surface area contributed by atoms with Gasteiger partial charge >= 0.3 is 0 Å². The molecule has 0 aliphatic heterocycles. The quantitative estimate of drug-likeness (QED) is 0.846. The van der Waals surface area contributed by atoms with Crippen molar-refractivity contribution in [1.29, 1.82) is 0 Å². The van der Waals surface area contributed by atoms with Crippen LogP contribution in [0.15, 0.2) is 42.5 Å². The second-order valence-electron chi connectivity index (χ2n) is 3.82. The predicted molar refractivity (Wildman–Crippen MR) is 74.1 cm³/mol. The molecule has 98 valence electrons. The van der Waals surface area contributed by atoms with Crippen molar-refractivity contribution in [3.05, 3.63) is 53.1 Å². The van der Waals surface area contributed by atoms with Crippen molar-refractivity contribution in [3.63, 3.8) is 0 Å². The van der Waals surface area contributed by atoms with Gasteiger partial charge in [0.2, 0.25) is 0 Å². The van der Waals surface area contributed by atoms with Crippen LogP contribution in [0, 0.1) is 0 Å². The number of methoxy groups -OCH3 is 1. The van der Waals surface area contributed by atoms with Crippen LogP contribution in [0.1, 0.15) is 10.4 Å². The second-order valence-corrected chi connectivity index (χ2v) is 4.23. The molecule has 0 atom stereocenters. The Hall–Kier alpha value is -2.20. The van der Waals surface area contributed by atoms with Crippen molar-refractivity contribution in [2.45, 2.75) is 0 Å². The summed E-state index contributed by atoms with van der Waals surface area (Å²) in [4.78, 5) is 12.0. The second kappa shape index (κ2) is 5.63. The monoisotopic (exact) mass is 277 g/mol. The summed E-state index contributed by atoms with van der Waals surface area (Å²) in [6.07, 6.45) is 0. The molecular formula is C14H12ClNO3. The molecule has 2 N–H and O–H groups in total. The Morgan fingerprint density at radius 2 is 2.00 bits per heavy atom. The normalized spacial score (nSPS) is 10.0. The van der Waals surface area contributed by atoms with E-state index in [-0.39, 0.29) is 11.7 Å². The van der Waals surface area contributed by atoms with Crippen molar-refractivity contribution in [1.82, 2.24) is 0 Å². The van der Waals surface area contributed by atoms with Gasteiger partial charge in [0.1, 0.15) is 11.5 Å². The van der Waals surface area contributed by atoms with E-state index in [0.717, 1.165) is 0 Å². The maximum absolute atomic E-state index is 12.0. The molecule has 0 aliphatic rings. The SMILES string of the molecule is COc1ccc(C(=O)Nc2ccccc2O)cc1Cl. The van der Waals surface area contributed by atoms with E-state index in [1.54, 1.807) is 30.3 Å². The van der Waals surface area contributed by atoms with Gasteiger partial charge in [0.05, 0.1) is 17.8 Å². The van der Waals surface area contributed by atoms with E-state index < -0.39 is 0 Å². The van der Waals surface area contributed by atoms with Crippen molar-refractivity contribution in [2.75, 3.05) is 12.4 Å². The molecule has 0 bridgehead atoms. The summed E-state index contributed by atoms with van der Waals surface area (Å²) in [5.74, 6) is 0.155. The number of carbonyl (C=O) groups excluding carboxylic acids is 1. The first-order valence-corrected chi connectivity index (χ1v) is 5.92. The van der Waals surface area contributed by atoms with Crippen LogP contribution < -0.4 is 10.1 Å². The molecule has 0 fully saturated rings. The van der Waals surface area contributed by atoms with Crippen LogP contribution in [0.4, 0.5) is 5.69 Å². The number of anilines is 1. The van der Waals surface area contributed by atoms with Crippen LogP contribution in [0.5, 0.6) is 11.5 Å². The molecule has 2 aromatic carbocycles. The summed E-state index contributed by atoms with van der Waals surface area (Å²) in [5, 5.41) is 12.5. The zero-order chi connectivity index (χ0) is 13.8. The Kier molecular flexibility index (Phi) is 3.92. The van der Waals surface area contributed by atoms with Crippen LogP contribution in [0.25, 0.3) is 0 Å². The first-order valence-electron chi connectivity index (χ1n) is 5.54. The highest BCUT2D eigenvalue weighted by atomic mass is 35.5. The van der Waals surface area contributed by atoms with E-state index in [4.69, 9.17) is 16.3 Å². The lowest BCUT2D eigenvalue weighted by Gasteiger charge is -2.08. The third kappa shape index (κ3) is 2.98. The standard InChI is InChI=1S/C14H12ClNO3/c1-19-13-7-6-9(8-10(13)15)14(18)16-11-4-2-3-5-12(11)17/h2-8,17H,1H3,(H,16,18). The average molecular weight is 278 g/mol. The molecule has 19 heavy (non-hydrogen) atoms. The minimum absolute atomic E-state index is 0.00968. The van der Waals surface area contributed by atoms with Gasteiger partial charge in [-0.15, -0.1) is 0 Å². The third-order valence-electron chi connectivity index (χ3n) is 2.57. The highest BCUT2D eigenvalue weighted by Gasteiger charge is 2.10. The number of hydrogen-bond acceptors (Lipinski definition) is 3. The van der Waals surface area contributed by atoms with Gasteiger partial charge in [0, 0.05) is 5.56 Å². The molecule has 5 heteroatoms. The Morgan fingerprint density at radius 3 is 2.63 bits per heavy atom. The van der Waals surface area contributed by atoms with E-state index in [9.17, 15) is 9.90 Å². The number of nitrogens with one attached hydrogen (secondary N) is 1. The maximum Gasteiger partial charge on any atom is 0.255 e. The first-order chi connectivity index (χ1) is 9.11. The Bertz CT molecular complexity index is 613. The number of para-hydroxylation sites is 2. The molecule has 0 unspecified atom stereocenters. The molecule has 1 amide bonds. The number of ether oxygens (including phenoxy) is 1. The number of halogens is 1. The summed E-state index contributed by atoms with van der Waals surface area (Å²) in [5.41, 5.74) is 0.730. The molecule has 2 rings (SSSR count). The van der Waals surface area contributed by atoms with Crippen molar-refractivity contribution in [3.8, 4) is 11.5 Å². The molecule has 0 radical (unpaired) electrons. The summed E-state index contributed by atoms with van der Waals surface area (Å²) >= 11 is 5.95.